The maximum atomic E-state index is 11.4. The van der Waals surface area contributed by atoms with Crippen LogP contribution in [0.15, 0.2) is 30.5 Å². The first-order chi connectivity index (χ1) is 9.70. The van der Waals surface area contributed by atoms with E-state index in [0.717, 1.165) is 18.2 Å². The molecule has 1 saturated heterocycles. The number of ketones is 1. The van der Waals surface area contributed by atoms with Crippen LogP contribution in [0.4, 0.5) is 17.5 Å². The average molecular weight is 269 g/mol. The van der Waals surface area contributed by atoms with Gasteiger partial charge in [0.05, 0.1) is 6.54 Å². The van der Waals surface area contributed by atoms with Crippen molar-refractivity contribution in [2.45, 2.75) is 13.3 Å². The summed E-state index contributed by atoms with van der Waals surface area (Å²) in [6, 6.07) is 7.48. The Morgan fingerprint density at radius 3 is 2.85 bits per heavy atom. The molecule has 0 unspecified atom stereocenters. The Labute approximate surface area is 116 Å². The van der Waals surface area contributed by atoms with E-state index in [2.05, 4.69) is 20.3 Å². The number of nitrogens with zero attached hydrogens (tertiary/aromatic N) is 4. The monoisotopic (exact) mass is 269 g/mol. The molecular formula is C14H15N5O. The predicted octanol–water partition coefficient (Wildman–Crippen LogP) is 1.70. The van der Waals surface area contributed by atoms with Crippen LogP contribution in [0.25, 0.3) is 0 Å². The smallest absolute Gasteiger partial charge is 0.153 e. The van der Waals surface area contributed by atoms with Crippen molar-refractivity contribution in [3.63, 3.8) is 0 Å². The lowest BCUT2D eigenvalue weighted by atomic mass is 10.4. The molecule has 6 nitrogen and oxygen atoms in total. The number of aryl methyl sites for hydroxylation is 1. The van der Waals surface area contributed by atoms with Crippen molar-refractivity contribution in [2.75, 3.05) is 23.3 Å². The molecule has 0 bridgehead atoms. The molecule has 2 aromatic rings. The standard InChI is InChI=1S/C14H15N5O/c1-10-16-13(18-12-4-2-3-6-15-12)8-14(17-10)19-7-5-11(20)9-19/h2-4,6,8H,5,7,9H2,1H3,(H,15,16,17,18). The van der Waals surface area contributed by atoms with Gasteiger partial charge in [-0.3, -0.25) is 4.79 Å². The predicted molar refractivity (Wildman–Crippen MR) is 76.1 cm³/mol. The van der Waals surface area contributed by atoms with Crippen LogP contribution < -0.4 is 10.2 Å². The minimum absolute atomic E-state index is 0.250. The molecule has 1 fully saturated rings. The molecule has 102 valence electrons. The van der Waals surface area contributed by atoms with Crippen LogP contribution in [-0.2, 0) is 4.79 Å². The van der Waals surface area contributed by atoms with E-state index in [4.69, 9.17) is 0 Å². The number of aromatic nitrogens is 3. The van der Waals surface area contributed by atoms with Gasteiger partial charge in [-0.05, 0) is 19.1 Å². The molecule has 3 heterocycles. The van der Waals surface area contributed by atoms with Gasteiger partial charge in [-0.25, -0.2) is 15.0 Å². The van der Waals surface area contributed by atoms with Crippen molar-refractivity contribution < 1.29 is 4.79 Å². The van der Waals surface area contributed by atoms with Crippen LogP contribution in [0.2, 0.25) is 0 Å². The zero-order chi connectivity index (χ0) is 13.9. The quantitative estimate of drug-likeness (QED) is 0.914. The first-order valence-corrected chi connectivity index (χ1v) is 6.51. The lowest BCUT2D eigenvalue weighted by molar-refractivity contribution is -0.116. The Morgan fingerprint density at radius 1 is 1.25 bits per heavy atom. The van der Waals surface area contributed by atoms with E-state index in [9.17, 15) is 4.79 Å². The van der Waals surface area contributed by atoms with E-state index in [1.54, 1.807) is 6.20 Å². The molecule has 20 heavy (non-hydrogen) atoms. The van der Waals surface area contributed by atoms with Gasteiger partial charge < -0.3 is 10.2 Å². The highest BCUT2D eigenvalue weighted by Gasteiger charge is 2.21. The lowest BCUT2D eigenvalue weighted by Gasteiger charge is -2.16. The van der Waals surface area contributed by atoms with Gasteiger partial charge >= 0.3 is 0 Å². The van der Waals surface area contributed by atoms with E-state index in [-0.39, 0.29) is 5.78 Å². The molecule has 0 amide bonds. The summed E-state index contributed by atoms with van der Waals surface area (Å²) in [5.74, 6) is 3.11. The second-order valence-corrected chi connectivity index (χ2v) is 4.71. The molecular weight excluding hydrogens is 254 g/mol. The second-order valence-electron chi connectivity index (χ2n) is 4.71. The van der Waals surface area contributed by atoms with Crippen molar-refractivity contribution >= 4 is 23.2 Å². The molecule has 1 aliphatic rings. The number of pyridine rings is 1. The van der Waals surface area contributed by atoms with Gasteiger partial charge in [-0.15, -0.1) is 0 Å². The number of hydrogen-bond acceptors (Lipinski definition) is 6. The third-order valence-electron chi connectivity index (χ3n) is 3.10. The highest BCUT2D eigenvalue weighted by Crippen LogP contribution is 2.21. The fraction of sp³-hybridized carbons (Fsp3) is 0.286. The largest absolute Gasteiger partial charge is 0.349 e. The van der Waals surface area contributed by atoms with Crippen LogP contribution in [0.1, 0.15) is 12.2 Å². The summed E-state index contributed by atoms with van der Waals surface area (Å²) in [7, 11) is 0. The first-order valence-electron chi connectivity index (χ1n) is 6.51. The summed E-state index contributed by atoms with van der Waals surface area (Å²) in [4.78, 5) is 26.3. The summed E-state index contributed by atoms with van der Waals surface area (Å²) >= 11 is 0. The summed E-state index contributed by atoms with van der Waals surface area (Å²) in [5, 5.41) is 3.15. The molecule has 0 atom stereocenters. The van der Waals surface area contributed by atoms with Crippen LogP contribution in [0, 0.1) is 6.92 Å². The van der Waals surface area contributed by atoms with Crippen LogP contribution in [0.3, 0.4) is 0 Å². The summed E-state index contributed by atoms with van der Waals surface area (Å²) < 4.78 is 0. The van der Waals surface area contributed by atoms with Gasteiger partial charge in [0.2, 0.25) is 0 Å². The van der Waals surface area contributed by atoms with Crippen molar-refractivity contribution in [1.29, 1.82) is 0 Å². The molecule has 0 aromatic carbocycles. The van der Waals surface area contributed by atoms with Gasteiger partial charge in [0.1, 0.15) is 23.3 Å². The molecule has 6 heteroatoms. The van der Waals surface area contributed by atoms with Crippen molar-refractivity contribution in [2.24, 2.45) is 0 Å². The van der Waals surface area contributed by atoms with Crippen LogP contribution in [0.5, 0.6) is 0 Å². The molecule has 2 aromatic heterocycles. The second kappa shape index (κ2) is 5.24. The SMILES string of the molecule is Cc1nc(Nc2ccccn2)cc(N2CCC(=O)C2)n1. The number of nitrogens with one attached hydrogen (secondary N) is 1. The van der Waals surface area contributed by atoms with Crippen LogP contribution in [-0.4, -0.2) is 33.8 Å². The van der Waals surface area contributed by atoms with Gasteiger partial charge in [-0.2, -0.15) is 0 Å². The first kappa shape index (κ1) is 12.5. The van der Waals surface area contributed by atoms with Crippen molar-refractivity contribution in [1.82, 2.24) is 15.0 Å². The van der Waals surface area contributed by atoms with E-state index in [0.29, 0.717) is 24.6 Å². The highest BCUT2D eigenvalue weighted by atomic mass is 16.1. The summed E-state index contributed by atoms with van der Waals surface area (Å²) in [5.41, 5.74) is 0. The number of carbonyl (C=O) groups excluding carboxylic acids is 1. The van der Waals surface area contributed by atoms with Gasteiger partial charge in [-0.1, -0.05) is 6.07 Å². The maximum Gasteiger partial charge on any atom is 0.153 e. The summed E-state index contributed by atoms with van der Waals surface area (Å²) in [6.45, 7) is 2.99. The molecule has 0 radical (unpaired) electrons. The number of hydrogen-bond donors (Lipinski definition) is 1. The topological polar surface area (TPSA) is 71.0 Å². The Kier molecular flexibility index (Phi) is 3.28. The lowest BCUT2D eigenvalue weighted by Crippen LogP contribution is -2.21. The zero-order valence-electron chi connectivity index (χ0n) is 11.2. The molecule has 1 N–H and O–H groups in total. The van der Waals surface area contributed by atoms with Gasteiger partial charge in [0.15, 0.2) is 5.78 Å². The Hall–Kier alpha value is -2.50. The highest BCUT2D eigenvalue weighted by molar-refractivity contribution is 5.86. The number of Topliss-reactive ketones (excluding diaryl/α,β-unsaturated/α-hetero) is 1. The Bertz CT molecular complexity index is 629. The summed E-state index contributed by atoms with van der Waals surface area (Å²) in [6.07, 6.45) is 2.31. The molecule has 0 aliphatic carbocycles. The molecule has 3 rings (SSSR count). The van der Waals surface area contributed by atoms with Gasteiger partial charge in [0, 0.05) is 25.2 Å². The Morgan fingerprint density at radius 2 is 2.15 bits per heavy atom. The number of rotatable bonds is 3. The molecule has 0 spiro atoms. The minimum atomic E-state index is 0.250. The fourth-order valence-corrected chi connectivity index (χ4v) is 2.17. The van der Waals surface area contributed by atoms with Crippen molar-refractivity contribution in [3.8, 4) is 0 Å². The van der Waals surface area contributed by atoms with E-state index in [1.165, 1.54) is 0 Å². The maximum absolute atomic E-state index is 11.4. The van der Waals surface area contributed by atoms with Crippen molar-refractivity contribution in [3.05, 3.63) is 36.3 Å². The molecule has 1 aliphatic heterocycles. The fourth-order valence-electron chi connectivity index (χ4n) is 2.17. The molecule has 0 saturated carbocycles. The Balaban J connectivity index is 1.85. The minimum Gasteiger partial charge on any atom is -0.349 e. The van der Waals surface area contributed by atoms with E-state index in [1.807, 2.05) is 36.1 Å². The third-order valence-corrected chi connectivity index (χ3v) is 3.10. The number of anilines is 3. The van der Waals surface area contributed by atoms with E-state index >= 15 is 0 Å². The number of carbonyl (C=O) groups is 1. The van der Waals surface area contributed by atoms with E-state index < -0.39 is 0 Å². The average Bonchev–Trinajstić information content (AvgIpc) is 2.86. The third kappa shape index (κ3) is 2.74. The van der Waals surface area contributed by atoms with Gasteiger partial charge in [0.25, 0.3) is 0 Å². The zero-order valence-corrected chi connectivity index (χ0v) is 11.2. The normalized spacial score (nSPS) is 14.7. The van der Waals surface area contributed by atoms with Crippen LogP contribution >= 0.6 is 0 Å².